The SMILES string of the molecule is CC.CC.O=C(c1ccccc1)c1ccc2ccccc2c1.O=C(c1ccccc1)c1ccc2ccccc2c1. The van der Waals surface area contributed by atoms with Gasteiger partial charge in [-0.25, -0.2) is 0 Å². The van der Waals surface area contributed by atoms with Crippen molar-refractivity contribution in [3.63, 3.8) is 0 Å². The van der Waals surface area contributed by atoms with Crippen LogP contribution in [0, 0.1) is 0 Å². The maximum atomic E-state index is 12.3. The van der Waals surface area contributed by atoms with Crippen LogP contribution in [0.3, 0.4) is 0 Å². The molecular weight excluding hydrogens is 488 g/mol. The van der Waals surface area contributed by atoms with Crippen molar-refractivity contribution in [3.8, 4) is 0 Å². The highest BCUT2D eigenvalue weighted by Gasteiger charge is 2.09. The molecule has 0 bridgehead atoms. The lowest BCUT2D eigenvalue weighted by Gasteiger charge is -2.03. The fourth-order valence-electron chi connectivity index (χ4n) is 4.17. The molecule has 0 heterocycles. The van der Waals surface area contributed by atoms with Gasteiger partial charge >= 0.3 is 0 Å². The predicted octanol–water partition coefficient (Wildman–Crippen LogP) is 10.2. The Labute approximate surface area is 237 Å². The first-order valence-corrected chi connectivity index (χ1v) is 13.9. The number of ketones is 2. The zero-order chi connectivity index (χ0) is 28.7. The summed E-state index contributed by atoms with van der Waals surface area (Å²) in [5.41, 5.74) is 2.93. The largest absolute Gasteiger partial charge is 0.289 e. The molecule has 0 radical (unpaired) electrons. The quantitative estimate of drug-likeness (QED) is 0.215. The molecule has 40 heavy (non-hydrogen) atoms. The van der Waals surface area contributed by atoms with Gasteiger partial charge in [-0.15, -0.1) is 0 Å². The zero-order valence-corrected chi connectivity index (χ0v) is 23.7. The third-order valence-electron chi connectivity index (χ3n) is 6.10. The molecule has 6 aromatic carbocycles. The molecule has 0 aliphatic rings. The molecule has 6 aromatic rings. The second kappa shape index (κ2) is 15.6. The molecule has 0 unspecified atom stereocenters. The van der Waals surface area contributed by atoms with Crippen LogP contribution in [0.2, 0.25) is 0 Å². The Morgan fingerprint density at radius 2 is 0.625 bits per heavy atom. The highest BCUT2D eigenvalue weighted by atomic mass is 16.1. The molecule has 0 aromatic heterocycles. The standard InChI is InChI=1S/2C17H12O.2C2H6/c2*18-17(14-7-2-1-3-8-14)16-11-10-13-6-4-5-9-15(13)12-16;2*1-2/h2*1-12H;2*1-2H3. The molecule has 0 saturated carbocycles. The van der Waals surface area contributed by atoms with Gasteiger partial charge in [0, 0.05) is 22.3 Å². The van der Waals surface area contributed by atoms with Gasteiger partial charge in [-0.3, -0.25) is 9.59 Å². The topological polar surface area (TPSA) is 34.1 Å². The first kappa shape index (κ1) is 29.7. The number of carbonyl (C=O) groups is 2. The fraction of sp³-hybridized carbons (Fsp3) is 0.105. The molecule has 0 saturated heterocycles. The Bertz CT molecular complexity index is 1520. The Morgan fingerprint density at radius 3 is 0.975 bits per heavy atom. The highest BCUT2D eigenvalue weighted by Crippen LogP contribution is 2.19. The normalized spacial score (nSPS) is 9.70. The van der Waals surface area contributed by atoms with Gasteiger partial charge in [-0.1, -0.05) is 161 Å². The molecule has 0 aliphatic heterocycles. The van der Waals surface area contributed by atoms with Gasteiger partial charge in [-0.05, 0) is 33.7 Å². The van der Waals surface area contributed by atoms with Crippen molar-refractivity contribution < 1.29 is 9.59 Å². The number of fused-ring (bicyclic) bond motifs is 2. The van der Waals surface area contributed by atoms with Crippen LogP contribution in [0.25, 0.3) is 21.5 Å². The maximum absolute atomic E-state index is 12.3. The second-order valence-electron chi connectivity index (χ2n) is 8.51. The molecule has 0 atom stereocenters. The highest BCUT2D eigenvalue weighted by molar-refractivity contribution is 6.11. The Hall–Kier alpha value is -4.82. The number of hydrogen-bond acceptors (Lipinski definition) is 2. The second-order valence-corrected chi connectivity index (χ2v) is 8.51. The monoisotopic (exact) mass is 524 g/mol. The van der Waals surface area contributed by atoms with Gasteiger partial charge in [0.2, 0.25) is 0 Å². The van der Waals surface area contributed by atoms with E-state index >= 15 is 0 Å². The summed E-state index contributed by atoms with van der Waals surface area (Å²) >= 11 is 0. The van der Waals surface area contributed by atoms with Crippen molar-refractivity contribution in [1.29, 1.82) is 0 Å². The van der Waals surface area contributed by atoms with E-state index in [-0.39, 0.29) is 11.6 Å². The molecule has 0 spiro atoms. The predicted molar refractivity (Wildman–Crippen MR) is 170 cm³/mol. The molecule has 200 valence electrons. The fourth-order valence-corrected chi connectivity index (χ4v) is 4.17. The van der Waals surface area contributed by atoms with Crippen molar-refractivity contribution in [2.24, 2.45) is 0 Å². The van der Waals surface area contributed by atoms with E-state index in [1.165, 1.54) is 0 Å². The minimum Gasteiger partial charge on any atom is -0.289 e. The molecular formula is C38H36O2. The van der Waals surface area contributed by atoms with Crippen LogP contribution >= 0.6 is 0 Å². The van der Waals surface area contributed by atoms with Crippen LogP contribution in [-0.4, -0.2) is 11.6 Å². The van der Waals surface area contributed by atoms with Crippen LogP contribution in [0.5, 0.6) is 0 Å². The van der Waals surface area contributed by atoms with Crippen LogP contribution in [0.1, 0.15) is 59.5 Å². The van der Waals surface area contributed by atoms with E-state index in [4.69, 9.17) is 0 Å². The van der Waals surface area contributed by atoms with Gasteiger partial charge in [0.05, 0.1) is 0 Å². The van der Waals surface area contributed by atoms with E-state index in [2.05, 4.69) is 0 Å². The summed E-state index contributed by atoms with van der Waals surface area (Å²) in [5, 5.41) is 4.50. The Morgan fingerprint density at radius 1 is 0.325 bits per heavy atom. The van der Waals surface area contributed by atoms with Gasteiger partial charge in [0.15, 0.2) is 11.6 Å². The van der Waals surface area contributed by atoms with Crippen LogP contribution in [0.4, 0.5) is 0 Å². The Kier molecular flexibility index (Phi) is 11.6. The van der Waals surface area contributed by atoms with Crippen molar-refractivity contribution in [3.05, 3.63) is 168 Å². The average molecular weight is 525 g/mol. The third-order valence-corrected chi connectivity index (χ3v) is 6.10. The van der Waals surface area contributed by atoms with Gasteiger partial charge in [0.1, 0.15) is 0 Å². The van der Waals surface area contributed by atoms with E-state index in [9.17, 15) is 9.59 Å². The van der Waals surface area contributed by atoms with Gasteiger partial charge in [0.25, 0.3) is 0 Å². The minimum absolute atomic E-state index is 0.0707. The molecule has 6 rings (SSSR count). The first-order chi connectivity index (χ1) is 19.7. The number of hydrogen-bond donors (Lipinski definition) is 0. The minimum atomic E-state index is 0.0707. The number of benzene rings is 6. The van der Waals surface area contributed by atoms with E-state index in [1.54, 1.807) is 0 Å². The smallest absolute Gasteiger partial charge is 0.193 e. The third kappa shape index (κ3) is 7.61. The molecule has 0 aliphatic carbocycles. The molecule has 0 amide bonds. The maximum Gasteiger partial charge on any atom is 0.193 e. The van der Waals surface area contributed by atoms with E-state index in [0.29, 0.717) is 0 Å². The summed E-state index contributed by atoms with van der Waals surface area (Å²) in [7, 11) is 0. The van der Waals surface area contributed by atoms with E-state index < -0.39 is 0 Å². The summed E-state index contributed by atoms with van der Waals surface area (Å²) in [5.74, 6) is 0.141. The lowest BCUT2D eigenvalue weighted by atomic mass is 10.0. The van der Waals surface area contributed by atoms with Gasteiger partial charge < -0.3 is 0 Å². The average Bonchev–Trinajstić information content (AvgIpc) is 3.06. The summed E-state index contributed by atoms with van der Waals surface area (Å²) < 4.78 is 0. The molecule has 0 N–H and O–H groups in total. The van der Waals surface area contributed by atoms with Crippen LogP contribution in [0.15, 0.2) is 146 Å². The first-order valence-electron chi connectivity index (χ1n) is 13.9. The van der Waals surface area contributed by atoms with Crippen molar-refractivity contribution in [1.82, 2.24) is 0 Å². The zero-order valence-electron chi connectivity index (χ0n) is 23.7. The number of rotatable bonds is 4. The summed E-state index contributed by atoms with van der Waals surface area (Å²) in [6.07, 6.45) is 0. The molecule has 2 heteroatoms. The van der Waals surface area contributed by atoms with Crippen LogP contribution < -0.4 is 0 Å². The Balaban J connectivity index is 0.000000196. The summed E-state index contributed by atoms with van der Waals surface area (Å²) in [4.78, 5) is 24.6. The van der Waals surface area contributed by atoms with Crippen molar-refractivity contribution in [2.45, 2.75) is 27.7 Å². The van der Waals surface area contributed by atoms with E-state index in [1.807, 2.05) is 173 Å². The van der Waals surface area contributed by atoms with Gasteiger partial charge in [-0.2, -0.15) is 0 Å². The molecule has 0 fully saturated rings. The number of carbonyl (C=O) groups excluding carboxylic acids is 2. The summed E-state index contributed by atoms with van der Waals surface area (Å²) in [6, 6.07) is 46.5. The van der Waals surface area contributed by atoms with Crippen molar-refractivity contribution >= 4 is 33.1 Å². The molecule has 2 nitrogen and oxygen atoms in total. The van der Waals surface area contributed by atoms with Crippen molar-refractivity contribution in [2.75, 3.05) is 0 Å². The summed E-state index contributed by atoms with van der Waals surface area (Å²) in [6.45, 7) is 8.00. The van der Waals surface area contributed by atoms with Crippen LogP contribution in [-0.2, 0) is 0 Å². The lowest BCUT2D eigenvalue weighted by molar-refractivity contribution is 0.103. The van der Waals surface area contributed by atoms with E-state index in [0.717, 1.165) is 43.8 Å². The lowest BCUT2D eigenvalue weighted by Crippen LogP contribution is -2.00.